The van der Waals surface area contributed by atoms with E-state index < -0.39 is 6.04 Å². The molecule has 6 nitrogen and oxygen atoms in total. The van der Waals surface area contributed by atoms with Crippen molar-refractivity contribution < 1.29 is 4.79 Å². The van der Waals surface area contributed by atoms with Gasteiger partial charge in [0.1, 0.15) is 12.2 Å². The summed E-state index contributed by atoms with van der Waals surface area (Å²) in [4.78, 5) is 15.6. The van der Waals surface area contributed by atoms with Crippen molar-refractivity contribution in [3.8, 4) is 0 Å². The van der Waals surface area contributed by atoms with Gasteiger partial charge in [-0.25, -0.2) is 4.98 Å². The van der Waals surface area contributed by atoms with E-state index in [-0.39, 0.29) is 11.8 Å². The second-order valence-corrected chi connectivity index (χ2v) is 4.24. The van der Waals surface area contributed by atoms with Gasteiger partial charge < -0.3 is 11.1 Å². The number of aromatic amines is 1. The Hall–Kier alpha value is -1.43. The molecule has 0 aliphatic heterocycles. The molecule has 0 spiro atoms. The van der Waals surface area contributed by atoms with Crippen LogP contribution in [0.4, 0.5) is 0 Å². The minimum atomic E-state index is -0.412. The molecule has 1 aromatic rings. The van der Waals surface area contributed by atoms with Crippen molar-refractivity contribution in [2.24, 2.45) is 11.7 Å². The molecule has 6 heteroatoms. The second-order valence-electron chi connectivity index (χ2n) is 4.24. The molecule has 0 unspecified atom stereocenters. The maximum atomic E-state index is 11.6. The third-order valence-electron chi connectivity index (χ3n) is 2.91. The van der Waals surface area contributed by atoms with Crippen LogP contribution in [-0.4, -0.2) is 33.7 Å². The summed E-state index contributed by atoms with van der Waals surface area (Å²) >= 11 is 0. The molecule has 2 atom stereocenters. The van der Waals surface area contributed by atoms with Crippen LogP contribution in [0.2, 0.25) is 0 Å². The molecule has 0 saturated carbocycles. The first-order chi connectivity index (χ1) is 8.15. The second kappa shape index (κ2) is 7.01. The van der Waals surface area contributed by atoms with E-state index in [1.54, 1.807) is 0 Å². The van der Waals surface area contributed by atoms with E-state index in [0.717, 1.165) is 25.1 Å². The number of amides is 1. The van der Waals surface area contributed by atoms with Crippen LogP contribution < -0.4 is 11.1 Å². The summed E-state index contributed by atoms with van der Waals surface area (Å²) in [6, 6.07) is -0.412. The predicted octanol–water partition coefficient (Wildman–Crippen LogP) is 0.227. The fourth-order valence-electron chi connectivity index (χ4n) is 1.45. The largest absolute Gasteiger partial charge is 0.355 e. The lowest BCUT2D eigenvalue weighted by atomic mass is 9.99. The molecule has 1 heterocycles. The smallest absolute Gasteiger partial charge is 0.237 e. The van der Waals surface area contributed by atoms with Gasteiger partial charge in [-0.3, -0.25) is 9.89 Å². The first-order valence-corrected chi connectivity index (χ1v) is 6.02. The van der Waals surface area contributed by atoms with Crippen LogP contribution in [0.3, 0.4) is 0 Å². The highest BCUT2D eigenvalue weighted by molar-refractivity contribution is 5.81. The molecule has 1 amide bonds. The topological polar surface area (TPSA) is 96.7 Å². The minimum Gasteiger partial charge on any atom is -0.355 e. The van der Waals surface area contributed by atoms with Crippen LogP contribution in [0.15, 0.2) is 6.33 Å². The number of hydrogen-bond acceptors (Lipinski definition) is 4. The summed E-state index contributed by atoms with van der Waals surface area (Å²) < 4.78 is 0. The maximum Gasteiger partial charge on any atom is 0.237 e. The number of aromatic nitrogens is 3. The lowest BCUT2D eigenvalue weighted by Gasteiger charge is -2.17. The summed E-state index contributed by atoms with van der Waals surface area (Å²) in [5.41, 5.74) is 5.81. The molecule has 17 heavy (non-hydrogen) atoms. The Morgan fingerprint density at radius 3 is 3.00 bits per heavy atom. The van der Waals surface area contributed by atoms with Gasteiger partial charge in [-0.1, -0.05) is 20.3 Å². The molecule has 0 radical (unpaired) electrons. The number of nitrogens with one attached hydrogen (secondary N) is 2. The molecule has 0 aliphatic carbocycles. The highest BCUT2D eigenvalue weighted by Crippen LogP contribution is 2.04. The van der Waals surface area contributed by atoms with Crippen molar-refractivity contribution in [1.29, 1.82) is 0 Å². The van der Waals surface area contributed by atoms with E-state index in [2.05, 4.69) is 20.5 Å². The molecule has 0 bridgehead atoms. The third kappa shape index (κ3) is 4.52. The fourth-order valence-corrected chi connectivity index (χ4v) is 1.45. The standard InChI is InChI=1S/C11H21N5O/c1-3-8(2)10(12)11(17)13-6-4-5-9-14-7-15-16-9/h7-8,10H,3-6,12H2,1-2H3,(H,13,17)(H,14,15,16)/t8-,10-/m0/s1. The zero-order valence-corrected chi connectivity index (χ0v) is 10.4. The lowest BCUT2D eigenvalue weighted by Crippen LogP contribution is -2.44. The molecule has 0 aliphatic rings. The number of hydrogen-bond donors (Lipinski definition) is 3. The summed E-state index contributed by atoms with van der Waals surface area (Å²) in [7, 11) is 0. The molecule has 1 rings (SSSR count). The van der Waals surface area contributed by atoms with Crippen molar-refractivity contribution in [2.75, 3.05) is 6.54 Å². The van der Waals surface area contributed by atoms with E-state index in [1.807, 2.05) is 13.8 Å². The van der Waals surface area contributed by atoms with E-state index in [9.17, 15) is 4.79 Å². The van der Waals surface area contributed by atoms with Crippen LogP contribution in [0, 0.1) is 5.92 Å². The van der Waals surface area contributed by atoms with Gasteiger partial charge in [-0.2, -0.15) is 5.10 Å². The Balaban J connectivity index is 2.16. The zero-order valence-electron chi connectivity index (χ0n) is 10.4. The molecule has 1 aromatic heterocycles. The number of H-pyrrole nitrogens is 1. The Morgan fingerprint density at radius 2 is 2.41 bits per heavy atom. The van der Waals surface area contributed by atoms with E-state index >= 15 is 0 Å². The normalized spacial score (nSPS) is 14.3. The average molecular weight is 239 g/mol. The number of carbonyl (C=O) groups excluding carboxylic acids is 1. The van der Waals surface area contributed by atoms with Crippen LogP contribution in [0.1, 0.15) is 32.5 Å². The zero-order chi connectivity index (χ0) is 12.7. The molecule has 0 saturated heterocycles. The number of rotatable bonds is 7. The average Bonchev–Trinajstić information content (AvgIpc) is 2.85. The summed E-state index contributed by atoms with van der Waals surface area (Å²) in [5.74, 6) is 0.978. The quantitative estimate of drug-likeness (QED) is 0.593. The van der Waals surface area contributed by atoms with Crippen LogP contribution in [0.5, 0.6) is 0 Å². The van der Waals surface area contributed by atoms with Crippen molar-refractivity contribution in [1.82, 2.24) is 20.5 Å². The first kappa shape index (κ1) is 13.6. The molecule has 0 aromatic carbocycles. The van der Waals surface area contributed by atoms with Crippen molar-refractivity contribution in [2.45, 2.75) is 39.2 Å². The number of aryl methyl sites for hydroxylation is 1. The number of nitrogens with zero attached hydrogens (tertiary/aromatic N) is 2. The van der Waals surface area contributed by atoms with Gasteiger partial charge in [0.05, 0.1) is 6.04 Å². The fraction of sp³-hybridized carbons (Fsp3) is 0.727. The van der Waals surface area contributed by atoms with Gasteiger partial charge in [-0.05, 0) is 12.3 Å². The molecule has 96 valence electrons. The third-order valence-corrected chi connectivity index (χ3v) is 2.91. The monoisotopic (exact) mass is 239 g/mol. The Morgan fingerprint density at radius 1 is 1.65 bits per heavy atom. The molecular weight excluding hydrogens is 218 g/mol. The number of nitrogens with two attached hydrogens (primary N) is 1. The summed E-state index contributed by atoms with van der Waals surface area (Å²) in [6.07, 6.45) is 3.99. The number of carbonyl (C=O) groups is 1. The van der Waals surface area contributed by atoms with Gasteiger partial charge in [0.25, 0.3) is 0 Å². The first-order valence-electron chi connectivity index (χ1n) is 6.02. The summed E-state index contributed by atoms with van der Waals surface area (Å²) in [5, 5.41) is 9.37. The van der Waals surface area contributed by atoms with Gasteiger partial charge in [0, 0.05) is 13.0 Å². The van der Waals surface area contributed by atoms with Crippen molar-refractivity contribution >= 4 is 5.91 Å². The van der Waals surface area contributed by atoms with Gasteiger partial charge in [0.2, 0.25) is 5.91 Å². The molecule has 4 N–H and O–H groups in total. The lowest BCUT2D eigenvalue weighted by molar-refractivity contribution is -0.123. The van der Waals surface area contributed by atoms with Crippen LogP contribution >= 0.6 is 0 Å². The molecular formula is C11H21N5O. The van der Waals surface area contributed by atoms with Crippen molar-refractivity contribution in [3.05, 3.63) is 12.2 Å². The highest BCUT2D eigenvalue weighted by Gasteiger charge is 2.18. The highest BCUT2D eigenvalue weighted by atomic mass is 16.2. The van der Waals surface area contributed by atoms with E-state index in [4.69, 9.17) is 5.73 Å². The summed E-state index contributed by atoms with van der Waals surface area (Å²) in [6.45, 7) is 4.63. The van der Waals surface area contributed by atoms with Gasteiger partial charge in [0.15, 0.2) is 0 Å². The predicted molar refractivity (Wildman–Crippen MR) is 65.1 cm³/mol. The minimum absolute atomic E-state index is 0.0723. The Kier molecular flexibility index (Phi) is 5.62. The van der Waals surface area contributed by atoms with Gasteiger partial charge in [-0.15, -0.1) is 0 Å². The van der Waals surface area contributed by atoms with Crippen LogP contribution in [-0.2, 0) is 11.2 Å². The maximum absolute atomic E-state index is 11.6. The molecule has 0 fully saturated rings. The van der Waals surface area contributed by atoms with Gasteiger partial charge >= 0.3 is 0 Å². The van der Waals surface area contributed by atoms with Crippen LogP contribution in [0.25, 0.3) is 0 Å². The SMILES string of the molecule is CC[C@H](C)[C@H](N)C(=O)NCCCc1ncn[nH]1. The van der Waals surface area contributed by atoms with E-state index in [1.165, 1.54) is 6.33 Å². The Labute approximate surface area is 101 Å². The van der Waals surface area contributed by atoms with E-state index in [0.29, 0.717) is 6.54 Å². The van der Waals surface area contributed by atoms with Crippen molar-refractivity contribution in [3.63, 3.8) is 0 Å². The Bertz CT molecular complexity index is 325.